The van der Waals surface area contributed by atoms with Crippen molar-refractivity contribution in [3.8, 4) is 0 Å². The molecule has 1 unspecified atom stereocenters. The van der Waals surface area contributed by atoms with Gasteiger partial charge in [0.25, 0.3) is 0 Å². The first-order chi connectivity index (χ1) is 11.1. The number of hydrogen-bond acceptors (Lipinski definition) is 5. The average Bonchev–Trinajstić information content (AvgIpc) is 3.07. The Morgan fingerprint density at radius 2 is 2.17 bits per heavy atom. The van der Waals surface area contributed by atoms with E-state index in [9.17, 15) is 9.59 Å². The number of piperidine rings is 1. The van der Waals surface area contributed by atoms with Gasteiger partial charge in [-0.3, -0.25) is 9.59 Å². The van der Waals surface area contributed by atoms with Crippen LogP contribution >= 0.6 is 0 Å². The summed E-state index contributed by atoms with van der Waals surface area (Å²) in [4.78, 5) is 34.6. The van der Waals surface area contributed by atoms with Crippen molar-refractivity contribution in [1.82, 2.24) is 20.6 Å². The summed E-state index contributed by atoms with van der Waals surface area (Å²) in [5, 5.41) is 5.62. The van der Waals surface area contributed by atoms with E-state index in [0.717, 1.165) is 24.6 Å². The molecule has 1 aromatic rings. The highest BCUT2D eigenvalue weighted by Gasteiger charge is 2.24. The molecule has 0 spiro atoms. The van der Waals surface area contributed by atoms with Gasteiger partial charge in [0.05, 0.1) is 12.5 Å². The van der Waals surface area contributed by atoms with Gasteiger partial charge in [-0.1, -0.05) is 0 Å². The van der Waals surface area contributed by atoms with E-state index < -0.39 is 0 Å². The van der Waals surface area contributed by atoms with Crippen LogP contribution < -0.4 is 15.5 Å². The molecule has 0 radical (unpaired) electrons. The largest absolute Gasteiger partial charge is 0.357 e. The number of aryl methyl sites for hydroxylation is 1. The van der Waals surface area contributed by atoms with Crippen molar-refractivity contribution in [1.29, 1.82) is 0 Å². The lowest BCUT2D eigenvalue weighted by atomic mass is 9.98. The number of carbonyl (C=O) groups is 2. The van der Waals surface area contributed by atoms with E-state index in [-0.39, 0.29) is 17.7 Å². The Morgan fingerprint density at radius 3 is 2.87 bits per heavy atom. The van der Waals surface area contributed by atoms with Gasteiger partial charge < -0.3 is 15.5 Å². The second-order valence-corrected chi connectivity index (χ2v) is 6.24. The monoisotopic (exact) mass is 317 g/mol. The fourth-order valence-electron chi connectivity index (χ4n) is 3.07. The molecule has 2 aliphatic rings. The van der Waals surface area contributed by atoms with Crippen molar-refractivity contribution in [3.63, 3.8) is 0 Å². The summed E-state index contributed by atoms with van der Waals surface area (Å²) in [7, 11) is 0. The van der Waals surface area contributed by atoms with Crippen LogP contribution in [0, 0.1) is 12.8 Å². The maximum Gasteiger partial charge on any atom is 0.225 e. The molecule has 1 aromatic heterocycles. The molecule has 0 bridgehead atoms. The second kappa shape index (κ2) is 6.93. The van der Waals surface area contributed by atoms with Gasteiger partial charge in [-0.2, -0.15) is 0 Å². The third kappa shape index (κ3) is 3.97. The third-order valence-electron chi connectivity index (χ3n) is 4.37. The highest BCUT2D eigenvalue weighted by molar-refractivity contribution is 5.83. The number of aromatic nitrogens is 2. The van der Waals surface area contributed by atoms with Gasteiger partial charge in [-0.15, -0.1) is 0 Å². The summed E-state index contributed by atoms with van der Waals surface area (Å²) in [5.41, 5.74) is 0.913. The number of hydrogen-bond donors (Lipinski definition) is 2. The van der Waals surface area contributed by atoms with Gasteiger partial charge >= 0.3 is 0 Å². The lowest BCUT2D eigenvalue weighted by molar-refractivity contribution is -0.129. The first kappa shape index (κ1) is 15.7. The van der Waals surface area contributed by atoms with Crippen LogP contribution in [-0.2, 0) is 16.1 Å². The normalized spacial score (nSPS) is 21.2. The lowest BCUT2D eigenvalue weighted by Crippen LogP contribution is -2.42. The predicted octanol–water partition coefficient (Wildman–Crippen LogP) is 0.528. The molecule has 2 N–H and O–H groups in total. The van der Waals surface area contributed by atoms with Crippen molar-refractivity contribution in [2.75, 3.05) is 24.5 Å². The van der Waals surface area contributed by atoms with Crippen LogP contribution in [0.2, 0.25) is 0 Å². The molecule has 2 aliphatic heterocycles. The minimum atomic E-state index is -0.157. The van der Waals surface area contributed by atoms with Gasteiger partial charge in [-0.25, -0.2) is 9.97 Å². The molecule has 124 valence electrons. The van der Waals surface area contributed by atoms with E-state index in [0.29, 0.717) is 31.8 Å². The van der Waals surface area contributed by atoms with E-state index in [4.69, 9.17) is 0 Å². The minimum Gasteiger partial charge on any atom is -0.357 e. The fraction of sp³-hybridized carbons (Fsp3) is 0.625. The minimum absolute atomic E-state index is 0.0197. The van der Waals surface area contributed by atoms with Crippen LogP contribution in [0.15, 0.2) is 6.07 Å². The zero-order valence-corrected chi connectivity index (χ0v) is 13.5. The molecule has 2 saturated heterocycles. The Bertz CT molecular complexity index is 588. The number of anilines is 1. The summed E-state index contributed by atoms with van der Waals surface area (Å²) in [6.07, 6.45) is 3.41. The van der Waals surface area contributed by atoms with Gasteiger partial charge in [0.2, 0.25) is 11.8 Å². The van der Waals surface area contributed by atoms with Crippen LogP contribution in [0.4, 0.5) is 5.82 Å². The van der Waals surface area contributed by atoms with Crippen LogP contribution in [0.5, 0.6) is 0 Å². The zero-order chi connectivity index (χ0) is 16.2. The standard InChI is InChI=1S/C16H23N5O2/c1-11-8-14(21-6-2-3-7-21)20-13(19-11)10-18-16(23)12-4-5-15(22)17-9-12/h8,12H,2-7,9-10H2,1H3,(H,17,22)(H,18,23). The summed E-state index contributed by atoms with van der Waals surface area (Å²) in [6, 6.07) is 1.99. The molecule has 0 saturated carbocycles. The third-order valence-corrected chi connectivity index (χ3v) is 4.37. The van der Waals surface area contributed by atoms with E-state index in [1.807, 2.05) is 13.0 Å². The molecule has 2 fully saturated rings. The number of amides is 2. The molecular weight excluding hydrogens is 294 g/mol. The molecule has 0 aliphatic carbocycles. The molecule has 7 heteroatoms. The molecule has 0 aromatic carbocycles. The molecule has 1 atom stereocenters. The fourth-order valence-corrected chi connectivity index (χ4v) is 3.07. The highest BCUT2D eigenvalue weighted by Crippen LogP contribution is 2.18. The number of carbonyl (C=O) groups excluding carboxylic acids is 2. The van der Waals surface area contributed by atoms with Crippen molar-refractivity contribution in [3.05, 3.63) is 17.6 Å². The van der Waals surface area contributed by atoms with Crippen molar-refractivity contribution in [2.45, 2.75) is 39.2 Å². The smallest absolute Gasteiger partial charge is 0.225 e. The van der Waals surface area contributed by atoms with Gasteiger partial charge in [-0.05, 0) is 26.2 Å². The van der Waals surface area contributed by atoms with Gasteiger partial charge in [0.15, 0.2) is 0 Å². The Morgan fingerprint density at radius 1 is 1.39 bits per heavy atom. The Kier molecular flexibility index (Phi) is 4.73. The maximum absolute atomic E-state index is 12.2. The quantitative estimate of drug-likeness (QED) is 0.846. The zero-order valence-electron chi connectivity index (χ0n) is 13.5. The molecular formula is C16H23N5O2. The summed E-state index contributed by atoms with van der Waals surface area (Å²) in [5.74, 6) is 1.41. The van der Waals surface area contributed by atoms with E-state index >= 15 is 0 Å². The summed E-state index contributed by atoms with van der Waals surface area (Å²) >= 11 is 0. The van der Waals surface area contributed by atoms with Crippen molar-refractivity contribution < 1.29 is 9.59 Å². The van der Waals surface area contributed by atoms with Crippen molar-refractivity contribution >= 4 is 17.6 Å². The number of nitrogens with zero attached hydrogens (tertiary/aromatic N) is 3. The van der Waals surface area contributed by atoms with Gasteiger partial charge in [0, 0.05) is 37.8 Å². The first-order valence-corrected chi connectivity index (χ1v) is 8.26. The molecule has 3 rings (SSSR count). The second-order valence-electron chi connectivity index (χ2n) is 6.24. The van der Waals surface area contributed by atoms with Crippen LogP contribution in [0.3, 0.4) is 0 Å². The Hall–Kier alpha value is -2.18. The number of nitrogens with one attached hydrogen (secondary N) is 2. The van der Waals surface area contributed by atoms with Gasteiger partial charge in [0.1, 0.15) is 11.6 Å². The summed E-state index contributed by atoms with van der Waals surface area (Å²) < 4.78 is 0. The molecule has 23 heavy (non-hydrogen) atoms. The topological polar surface area (TPSA) is 87.2 Å². The SMILES string of the molecule is Cc1cc(N2CCCC2)nc(CNC(=O)C2CCC(=O)NC2)n1. The maximum atomic E-state index is 12.2. The first-order valence-electron chi connectivity index (χ1n) is 8.26. The Labute approximate surface area is 135 Å². The summed E-state index contributed by atoms with van der Waals surface area (Å²) in [6.45, 7) is 4.75. The lowest BCUT2D eigenvalue weighted by Gasteiger charge is -2.21. The van der Waals surface area contributed by atoms with E-state index in [1.54, 1.807) is 0 Å². The molecule has 2 amide bonds. The van der Waals surface area contributed by atoms with Crippen LogP contribution in [0.1, 0.15) is 37.2 Å². The molecule has 3 heterocycles. The average molecular weight is 317 g/mol. The molecule has 7 nitrogen and oxygen atoms in total. The Balaban J connectivity index is 1.59. The van der Waals surface area contributed by atoms with E-state index in [2.05, 4.69) is 25.5 Å². The van der Waals surface area contributed by atoms with E-state index in [1.165, 1.54) is 12.8 Å². The predicted molar refractivity (Wildman–Crippen MR) is 85.8 cm³/mol. The number of rotatable bonds is 4. The van der Waals surface area contributed by atoms with Crippen LogP contribution in [0.25, 0.3) is 0 Å². The van der Waals surface area contributed by atoms with Crippen LogP contribution in [-0.4, -0.2) is 41.4 Å². The van der Waals surface area contributed by atoms with Crippen molar-refractivity contribution in [2.24, 2.45) is 5.92 Å². The highest BCUT2D eigenvalue weighted by atomic mass is 16.2.